The summed E-state index contributed by atoms with van der Waals surface area (Å²) in [5.74, 6) is -0.923. The van der Waals surface area contributed by atoms with Gasteiger partial charge in [-0.15, -0.1) is 0 Å². The van der Waals surface area contributed by atoms with Crippen LogP contribution in [0.5, 0.6) is 0 Å². The highest BCUT2D eigenvalue weighted by Crippen LogP contribution is 2.10. The molecule has 2 atom stereocenters. The lowest BCUT2D eigenvalue weighted by atomic mass is 10.2. The summed E-state index contributed by atoms with van der Waals surface area (Å²) in [6.07, 6.45) is 2.28. The smallest absolute Gasteiger partial charge is 0.234 e. The first-order chi connectivity index (χ1) is 8.45. The zero-order valence-corrected chi connectivity index (χ0v) is 11.8. The maximum absolute atomic E-state index is 11.8. The van der Waals surface area contributed by atoms with E-state index in [4.69, 9.17) is 4.74 Å². The molecule has 1 amide bonds. The summed E-state index contributed by atoms with van der Waals surface area (Å²) in [4.78, 5) is 11.1. The average Bonchev–Trinajstić information content (AvgIpc) is 2.81. The van der Waals surface area contributed by atoms with E-state index >= 15 is 0 Å². The summed E-state index contributed by atoms with van der Waals surface area (Å²) in [6, 6.07) is 0. The van der Waals surface area contributed by atoms with Crippen molar-refractivity contribution in [1.29, 1.82) is 0 Å². The number of ether oxygens (including phenoxy) is 1. The lowest BCUT2D eigenvalue weighted by molar-refractivity contribution is -0.118. The van der Waals surface area contributed by atoms with Crippen molar-refractivity contribution in [3.05, 3.63) is 0 Å². The number of rotatable bonds is 7. The molecule has 1 heterocycles. The zero-order chi connectivity index (χ0) is 13.6. The first-order valence-electron chi connectivity index (χ1n) is 6.20. The number of nitrogens with one attached hydrogen (secondary N) is 2. The van der Waals surface area contributed by atoms with Crippen molar-refractivity contribution in [1.82, 2.24) is 10.6 Å². The molecule has 0 radical (unpaired) electrons. The quantitative estimate of drug-likeness (QED) is 0.643. The molecule has 0 bridgehead atoms. The van der Waals surface area contributed by atoms with Gasteiger partial charge in [0.15, 0.2) is 9.84 Å². The van der Waals surface area contributed by atoms with Crippen molar-refractivity contribution in [2.45, 2.75) is 31.1 Å². The fourth-order valence-electron chi connectivity index (χ4n) is 1.78. The highest BCUT2D eigenvalue weighted by Gasteiger charge is 2.24. The van der Waals surface area contributed by atoms with Gasteiger partial charge in [0.05, 0.1) is 11.4 Å². The van der Waals surface area contributed by atoms with Gasteiger partial charge in [-0.25, -0.2) is 8.42 Å². The monoisotopic (exact) mass is 278 g/mol. The minimum Gasteiger partial charge on any atom is -0.377 e. The molecule has 0 aromatic heterocycles. The number of sulfone groups is 1. The second kappa shape index (κ2) is 7.06. The van der Waals surface area contributed by atoms with Gasteiger partial charge in [0, 0.05) is 26.7 Å². The number of amides is 1. The molecular weight excluding hydrogens is 256 g/mol. The lowest BCUT2D eigenvalue weighted by Gasteiger charge is -2.15. The molecule has 1 rings (SSSR count). The molecule has 2 N–H and O–H groups in total. The van der Waals surface area contributed by atoms with E-state index in [-0.39, 0.29) is 6.10 Å². The van der Waals surface area contributed by atoms with Crippen LogP contribution in [0.25, 0.3) is 0 Å². The van der Waals surface area contributed by atoms with Gasteiger partial charge in [-0.2, -0.15) is 0 Å². The predicted octanol–water partition coefficient (Wildman–Crippen LogP) is -0.696. The van der Waals surface area contributed by atoms with Gasteiger partial charge in [0.1, 0.15) is 5.75 Å². The first-order valence-corrected chi connectivity index (χ1v) is 7.91. The van der Waals surface area contributed by atoms with Crippen LogP contribution in [0.4, 0.5) is 0 Å². The number of hydrogen-bond donors (Lipinski definition) is 2. The van der Waals surface area contributed by atoms with Gasteiger partial charge < -0.3 is 15.4 Å². The highest BCUT2D eigenvalue weighted by molar-refractivity contribution is 7.92. The topological polar surface area (TPSA) is 84.5 Å². The van der Waals surface area contributed by atoms with Crippen LogP contribution >= 0.6 is 0 Å². The van der Waals surface area contributed by atoms with Gasteiger partial charge in [-0.05, 0) is 19.8 Å². The molecule has 2 unspecified atom stereocenters. The summed E-state index contributed by atoms with van der Waals surface area (Å²) in [5, 5.41) is 4.83. The van der Waals surface area contributed by atoms with Crippen LogP contribution in [0.15, 0.2) is 0 Å². The van der Waals surface area contributed by atoms with Crippen molar-refractivity contribution >= 4 is 15.7 Å². The fraction of sp³-hybridized carbons (Fsp3) is 0.909. The van der Waals surface area contributed by atoms with Crippen LogP contribution in [0.2, 0.25) is 0 Å². The lowest BCUT2D eigenvalue weighted by Crippen LogP contribution is -2.39. The Morgan fingerprint density at radius 2 is 2.22 bits per heavy atom. The van der Waals surface area contributed by atoms with Crippen LogP contribution in [0.3, 0.4) is 0 Å². The molecule has 1 saturated heterocycles. The molecule has 6 nitrogen and oxygen atoms in total. The first kappa shape index (κ1) is 15.4. The SMILES string of the molecule is CNC(=O)CS(=O)(=O)C(C)CNCC1CCCO1. The number of carbonyl (C=O) groups is 1. The Balaban J connectivity index is 2.29. The largest absolute Gasteiger partial charge is 0.377 e. The third-order valence-corrected chi connectivity index (χ3v) is 5.11. The maximum atomic E-state index is 11.8. The van der Waals surface area contributed by atoms with Crippen molar-refractivity contribution < 1.29 is 17.9 Å². The van der Waals surface area contributed by atoms with E-state index in [9.17, 15) is 13.2 Å². The fourth-order valence-corrected chi connectivity index (χ4v) is 2.94. The van der Waals surface area contributed by atoms with E-state index in [2.05, 4.69) is 10.6 Å². The molecule has 0 aromatic rings. The molecule has 1 aliphatic rings. The van der Waals surface area contributed by atoms with Gasteiger partial charge in [-0.3, -0.25) is 4.79 Å². The Kier molecular flexibility index (Phi) is 6.04. The molecule has 0 spiro atoms. The van der Waals surface area contributed by atoms with E-state index in [1.54, 1.807) is 6.92 Å². The maximum Gasteiger partial charge on any atom is 0.234 e. The molecule has 1 fully saturated rings. The molecule has 7 heteroatoms. The number of carbonyl (C=O) groups excluding carboxylic acids is 1. The van der Waals surface area contributed by atoms with Gasteiger partial charge in [0.2, 0.25) is 5.91 Å². The predicted molar refractivity (Wildman–Crippen MR) is 69.2 cm³/mol. The molecular formula is C11H22N2O4S. The average molecular weight is 278 g/mol. The van der Waals surface area contributed by atoms with E-state index in [1.165, 1.54) is 7.05 Å². The van der Waals surface area contributed by atoms with E-state index in [0.29, 0.717) is 13.1 Å². The van der Waals surface area contributed by atoms with Crippen LogP contribution in [-0.2, 0) is 19.4 Å². The third-order valence-electron chi connectivity index (χ3n) is 3.05. The van der Waals surface area contributed by atoms with Gasteiger partial charge in [0.25, 0.3) is 0 Å². The van der Waals surface area contributed by atoms with Crippen LogP contribution in [0.1, 0.15) is 19.8 Å². The summed E-state index contributed by atoms with van der Waals surface area (Å²) in [6.45, 7) is 3.41. The third kappa shape index (κ3) is 4.91. The van der Waals surface area contributed by atoms with Crippen molar-refractivity contribution in [2.24, 2.45) is 0 Å². The van der Waals surface area contributed by atoms with Crippen molar-refractivity contribution in [3.8, 4) is 0 Å². The summed E-state index contributed by atoms with van der Waals surface area (Å²) in [7, 11) is -1.95. The second-order valence-electron chi connectivity index (χ2n) is 4.58. The van der Waals surface area contributed by atoms with E-state index in [1.807, 2.05) is 0 Å². The van der Waals surface area contributed by atoms with Crippen molar-refractivity contribution in [2.75, 3.05) is 32.5 Å². The van der Waals surface area contributed by atoms with Crippen molar-refractivity contribution in [3.63, 3.8) is 0 Å². The highest BCUT2D eigenvalue weighted by atomic mass is 32.2. The van der Waals surface area contributed by atoms with E-state index in [0.717, 1.165) is 19.4 Å². The standard InChI is InChI=1S/C11H22N2O4S/c1-9(18(15,16)8-11(14)12-2)6-13-7-10-4-3-5-17-10/h9-10,13H,3-8H2,1-2H3,(H,12,14). The Bertz CT molecular complexity index is 363. The van der Waals surface area contributed by atoms with Crippen LogP contribution in [-0.4, -0.2) is 58.2 Å². The summed E-state index contributed by atoms with van der Waals surface area (Å²) >= 11 is 0. The van der Waals surface area contributed by atoms with Gasteiger partial charge >= 0.3 is 0 Å². The Morgan fingerprint density at radius 3 is 2.78 bits per heavy atom. The molecule has 0 aliphatic carbocycles. The molecule has 0 aromatic carbocycles. The minimum atomic E-state index is -3.38. The minimum absolute atomic E-state index is 0.193. The Labute approximate surface area is 108 Å². The van der Waals surface area contributed by atoms with Gasteiger partial charge in [-0.1, -0.05) is 0 Å². The normalized spacial score (nSPS) is 21.8. The summed E-state index contributed by atoms with van der Waals surface area (Å²) in [5.41, 5.74) is 0. The molecule has 1 aliphatic heterocycles. The van der Waals surface area contributed by atoms with Crippen LogP contribution < -0.4 is 10.6 Å². The number of hydrogen-bond acceptors (Lipinski definition) is 5. The molecule has 18 heavy (non-hydrogen) atoms. The molecule has 0 saturated carbocycles. The Hall–Kier alpha value is -0.660. The van der Waals surface area contributed by atoms with Crippen LogP contribution in [0, 0.1) is 0 Å². The summed E-state index contributed by atoms with van der Waals surface area (Å²) < 4.78 is 29.0. The molecule has 106 valence electrons. The Morgan fingerprint density at radius 1 is 1.50 bits per heavy atom. The van der Waals surface area contributed by atoms with E-state index < -0.39 is 26.7 Å². The zero-order valence-electron chi connectivity index (χ0n) is 10.9. The second-order valence-corrected chi connectivity index (χ2v) is 7.00.